The van der Waals surface area contributed by atoms with Crippen molar-refractivity contribution < 1.29 is 19.4 Å². The van der Waals surface area contributed by atoms with E-state index in [-0.39, 0.29) is 12.5 Å². The zero-order chi connectivity index (χ0) is 18.7. The monoisotopic (exact) mass is 358 g/mol. The summed E-state index contributed by atoms with van der Waals surface area (Å²) >= 11 is 0. The third-order valence-electron chi connectivity index (χ3n) is 5.36. The van der Waals surface area contributed by atoms with Gasteiger partial charge in [0.1, 0.15) is 11.6 Å². The minimum absolute atomic E-state index is 0.144. The molecule has 2 unspecified atom stereocenters. The Kier molecular flexibility index (Phi) is 5.20. The lowest BCUT2D eigenvalue weighted by Crippen LogP contribution is -2.54. The molecule has 1 aliphatic carbocycles. The summed E-state index contributed by atoms with van der Waals surface area (Å²) in [5.41, 5.74) is 0.339. The van der Waals surface area contributed by atoms with E-state index in [2.05, 4.69) is 17.2 Å². The Labute approximate surface area is 152 Å². The number of aliphatic carboxylic acids is 1. The van der Waals surface area contributed by atoms with Crippen molar-refractivity contribution in [3.05, 3.63) is 36.0 Å². The van der Waals surface area contributed by atoms with Crippen LogP contribution >= 0.6 is 0 Å². The molecule has 3 N–H and O–H groups in total. The fourth-order valence-electron chi connectivity index (χ4n) is 3.68. The Morgan fingerprint density at radius 1 is 1.31 bits per heavy atom. The van der Waals surface area contributed by atoms with Crippen molar-refractivity contribution in [1.29, 1.82) is 0 Å². The first-order valence-corrected chi connectivity index (χ1v) is 9.16. The predicted molar refractivity (Wildman–Crippen MR) is 99.1 cm³/mol. The van der Waals surface area contributed by atoms with Gasteiger partial charge in [-0.15, -0.1) is 0 Å². The third kappa shape index (κ3) is 3.84. The Hall–Kier alpha value is -2.50. The van der Waals surface area contributed by atoms with Crippen molar-refractivity contribution in [2.45, 2.75) is 57.6 Å². The molecule has 1 aromatic heterocycles. The zero-order valence-corrected chi connectivity index (χ0v) is 15.2. The first-order valence-electron chi connectivity index (χ1n) is 9.16. The first kappa shape index (κ1) is 18.3. The van der Waals surface area contributed by atoms with Gasteiger partial charge in [-0.3, -0.25) is 0 Å². The number of carboxylic acid groups (broad SMARTS) is 1. The highest BCUT2D eigenvalue weighted by molar-refractivity contribution is 5.87. The van der Waals surface area contributed by atoms with Gasteiger partial charge >= 0.3 is 12.1 Å². The highest BCUT2D eigenvalue weighted by Gasteiger charge is 2.37. The number of carbonyl (C=O) groups is 2. The van der Waals surface area contributed by atoms with Gasteiger partial charge < -0.3 is 20.1 Å². The molecule has 0 saturated heterocycles. The highest BCUT2D eigenvalue weighted by Crippen LogP contribution is 2.27. The van der Waals surface area contributed by atoms with Gasteiger partial charge in [0.2, 0.25) is 0 Å². The number of hydrogen-bond donors (Lipinski definition) is 3. The van der Waals surface area contributed by atoms with E-state index in [0.29, 0.717) is 5.92 Å². The number of alkyl carbamates (subject to hydrolysis) is 1. The quantitative estimate of drug-likeness (QED) is 0.757. The van der Waals surface area contributed by atoms with E-state index in [1.807, 2.05) is 24.3 Å². The molecule has 6 nitrogen and oxygen atoms in total. The van der Waals surface area contributed by atoms with Crippen LogP contribution in [0.15, 0.2) is 30.5 Å². The SMILES string of the molecule is CC1CCCCC1OC(=O)N[C@@](C)(Cc1c[nH]c2ccccc12)C(=O)O. The topological polar surface area (TPSA) is 91.4 Å². The smallest absolute Gasteiger partial charge is 0.408 e. The molecular formula is C20H26N2O4. The number of H-pyrrole nitrogens is 1. The fraction of sp³-hybridized carbons (Fsp3) is 0.500. The number of nitrogens with one attached hydrogen (secondary N) is 2. The molecule has 1 heterocycles. The number of amides is 1. The molecule has 1 fully saturated rings. The van der Waals surface area contributed by atoms with Crippen LogP contribution in [0.5, 0.6) is 0 Å². The highest BCUT2D eigenvalue weighted by atomic mass is 16.6. The number of aromatic amines is 1. The Balaban J connectivity index is 1.72. The van der Waals surface area contributed by atoms with Crippen LogP contribution in [0.3, 0.4) is 0 Å². The molecule has 0 radical (unpaired) electrons. The van der Waals surface area contributed by atoms with Crippen LogP contribution < -0.4 is 5.32 Å². The molecule has 1 aliphatic rings. The number of rotatable bonds is 5. The average Bonchev–Trinajstić information content (AvgIpc) is 2.99. The minimum atomic E-state index is -1.44. The number of para-hydroxylation sites is 1. The normalized spacial score (nSPS) is 22.5. The number of aromatic nitrogens is 1. The summed E-state index contributed by atoms with van der Waals surface area (Å²) in [5.74, 6) is -0.782. The maximum atomic E-state index is 12.4. The van der Waals surface area contributed by atoms with Crippen molar-refractivity contribution in [1.82, 2.24) is 10.3 Å². The van der Waals surface area contributed by atoms with Crippen LogP contribution in [0.25, 0.3) is 10.9 Å². The largest absolute Gasteiger partial charge is 0.480 e. The first-order chi connectivity index (χ1) is 12.4. The van der Waals surface area contributed by atoms with E-state index in [0.717, 1.165) is 42.1 Å². The van der Waals surface area contributed by atoms with Gasteiger partial charge in [-0.05, 0) is 43.7 Å². The van der Waals surface area contributed by atoms with E-state index in [9.17, 15) is 14.7 Å². The Morgan fingerprint density at radius 3 is 2.77 bits per heavy atom. The summed E-state index contributed by atoms with van der Waals surface area (Å²) in [5, 5.41) is 13.3. The van der Waals surface area contributed by atoms with E-state index < -0.39 is 17.6 Å². The fourth-order valence-corrected chi connectivity index (χ4v) is 3.68. The standard InChI is InChI=1S/C20H26N2O4/c1-13-7-3-6-10-17(13)26-19(25)22-20(2,18(23)24)11-14-12-21-16-9-5-4-8-15(14)16/h4-5,8-9,12-13,17,21H,3,6-7,10-11H2,1-2H3,(H,22,25)(H,23,24)/t13?,17?,20-/m0/s1. The number of benzene rings is 1. The van der Waals surface area contributed by atoms with Gasteiger partial charge in [0.25, 0.3) is 0 Å². The molecule has 0 aliphatic heterocycles. The van der Waals surface area contributed by atoms with Crippen molar-refractivity contribution in [2.24, 2.45) is 5.92 Å². The van der Waals surface area contributed by atoms with Crippen molar-refractivity contribution in [2.75, 3.05) is 0 Å². The van der Waals surface area contributed by atoms with Crippen molar-refractivity contribution in [3.63, 3.8) is 0 Å². The summed E-state index contributed by atoms with van der Waals surface area (Å²) < 4.78 is 5.53. The Morgan fingerprint density at radius 2 is 2.04 bits per heavy atom. The number of carboxylic acids is 1. The minimum Gasteiger partial charge on any atom is -0.480 e. The van der Waals surface area contributed by atoms with Gasteiger partial charge in [-0.1, -0.05) is 31.5 Å². The molecular weight excluding hydrogens is 332 g/mol. The summed E-state index contributed by atoms with van der Waals surface area (Å²) in [6, 6.07) is 7.69. The summed E-state index contributed by atoms with van der Waals surface area (Å²) in [6.07, 6.45) is 5.21. The van der Waals surface area contributed by atoms with Crippen LogP contribution in [0.4, 0.5) is 4.79 Å². The lowest BCUT2D eigenvalue weighted by molar-refractivity contribution is -0.144. The van der Waals surface area contributed by atoms with Gasteiger partial charge in [-0.25, -0.2) is 9.59 Å². The molecule has 1 aromatic carbocycles. The van der Waals surface area contributed by atoms with Crippen LogP contribution in [0.1, 0.15) is 45.1 Å². The van der Waals surface area contributed by atoms with Crippen LogP contribution in [0.2, 0.25) is 0 Å². The van der Waals surface area contributed by atoms with Crippen LogP contribution in [0, 0.1) is 5.92 Å². The molecule has 3 atom stereocenters. The third-order valence-corrected chi connectivity index (χ3v) is 5.36. The second-order valence-corrected chi connectivity index (χ2v) is 7.50. The molecule has 0 spiro atoms. The lowest BCUT2D eigenvalue weighted by Gasteiger charge is -2.31. The molecule has 1 saturated carbocycles. The van der Waals surface area contributed by atoms with Gasteiger partial charge in [0.05, 0.1) is 0 Å². The maximum absolute atomic E-state index is 12.4. The number of carbonyl (C=O) groups excluding carboxylic acids is 1. The maximum Gasteiger partial charge on any atom is 0.408 e. The molecule has 140 valence electrons. The lowest BCUT2D eigenvalue weighted by atomic mass is 9.88. The van der Waals surface area contributed by atoms with E-state index >= 15 is 0 Å². The van der Waals surface area contributed by atoms with Gasteiger partial charge in [0, 0.05) is 23.5 Å². The van der Waals surface area contributed by atoms with Gasteiger partial charge in [0.15, 0.2) is 0 Å². The zero-order valence-electron chi connectivity index (χ0n) is 15.2. The van der Waals surface area contributed by atoms with E-state index in [1.54, 1.807) is 6.20 Å². The number of fused-ring (bicyclic) bond motifs is 1. The predicted octanol–water partition coefficient (Wildman–Crippen LogP) is 3.86. The van der Waals surface area contributed by atoms with Gasteiger partial charge in [-0.2, -0.15) is 0 Å². The Bertz CT molecular complexity index is 800. The average molecular weight is 358 g/mol. The second-order valence-electron chi connectivity index (χ2n) is 7.50. The summed E-state index contributed by atoms with van der Waals surface area (Å²) in [4.78, 5) is 27.4. The molecule has 6 heteroatoms. The van der Waals surface area contributed by atoms with Crippen LogP contribution in [-0.2, 0) is 16.0 Å². The number of ether oxygens (including phenoxy) is 1. The summed E-state index contributed by atoms with van der Waals surface area (Å²) in [7, 11) is 0. The molecule has 26 heavy (non-hydrogen) atoms. The molecule has 0 bridgehead atoms. The molecule has 2 aromatic rings. The van der Waals surface area contributed by atoms with Crippen molar-refractivity contribution >= 4 is 23.0 Å². The van der Waals surface area contributed by atoms with E-state index in [4.69, 9.17) is 4.74 Å². The van der Waals surface area contributed by atoms with Crippen LogP contribution in [-0.4, -0.2) is 33.8 Å². The number of hydrogen-bond acceptors (Lipinski definition) is 3. The second kappa shape index (κ2) is 7.40. The molecule has 3 rings (SSSR count). The summed E-state index contributed by atoms with van der Waals surface area (Å²) in [6.45, 7) is 3.59. The van der Waals surface area contributed by atoms with Crippen molar-refractivity contribution in [3.8, 4) is 0 Å². The van der Waals surface area contributed by atoms with E-state index in [1.165, 1.54) is 6.92 Å². The molecule has 1 amide bonds.